The van der Waals surface area contributed by atoms with Gasteiger partial charge in [0.05, 0.1) is 33.1 Å². The van der Waals surface area contributed by atoms with Crippen molar-refractivity contribution in [1.82, 2.24) is 8.80 Å². The fourth-order valence-electron chi connectivity index (χ4n) is 14.3. The third-order valence-electron chi connectivity index (χ3n) is 17.9. The molecule has 0 N–H and O–H groups in total. The monoisotopic (exact) mass is 1070 g/mol. The zero-order valence-electron chi connectivity index (χ0n) is 44.1. The van der Waals surface area contributed by atoms with E-state index >= 15 is 0 Å². The van der Waals surface area contributed by atoms with Crippen molar-refractivity contribution >= 4 is 139 Å². The zero-order valence-corrected chi connectivity index (χ0v) is 45.7. The summed E-state index contributed by atoms with van der Waals surface area (Å²) in [5.41, 5.74) is 22.0. The van der Waals surface area contributed by atoms with Crippen LogP contribution in [0, 0.1) is 0 Å². The van der Waals surface area contributed by atoms with E-state index in [1.54, 1.807) is 0 Å². The number of hydrogen-bond donors (Lipinski definition) is 0. The Morgan fingerprint density at radius 2 is 0.488 bits per heavy atom. The van der Waals surface area contributed by atoms with Crippen LogP contribution in [0.3, 0.4) is 0 Å². The standard InChI is InChI=1S/C78H44N2S2/c1-5-17-45(18-6-1)49-33-50(46-19-7-2-8-20-46)36-53(35-49)55-39-61-59-43-68-60(44-67(59)79-65-29-31-71-75(73(65)63(41-55)77(61)79)57-25-13-15-27-69(57)81-71)62-40-56(54-37-51(47-21-9-3-10-22-47)34-52(38-54)48-23-11-4-12-24-48)42-64-74-66(80(68)78(62)64)30-32-72-76(74)58-26-14-16-28-70(58)82-72/h1-44H. The van der Waals surface area contributed by atoms with Gasteiger partial charge in [0, 0.05) is 83.4 Å². The second-order valence-electron chi connectivity index (χ2n) is 22.3. The normalized spacial score (nSPS) is 12.4. The molecule has 6 heterocycles. The summed E-state index contributed by atoms with van der Waals surface area (Å²) in [6.45, 7) is 0. The van der Waals surface area contributed by atoms with Gasteiger partial charge in [-0.2, -0.15) is 0 Å². The summed E-state index contributed by atoms with van der Waals surface area (Å²) in [7, 11) is 0. The molecule has 0 amide bonds. The maximum absolute atomic E-state index is 2.62. The lowest BCUT2D eigenvalue weighted by atomic mass is 9.91. The SMILES string of the molecule is c1ccc(-c2cc(-c3ccccc3)cc(-c3cc4c5cc6c(cc5n5c7ccc8sc9ccccc9c8c7c(c3)c45)c3cc(-c4cc(-c5ccccc5)cc(-c5ccccc5)c4)cc4c5c7c(ccc5n6c34)sc3ccccc37)c2)cc1. The van der Waals surface area contributed by atoms with Gasteiger partial charge in [0.1, 0.15) is 0 Å². The van der Waals surface area contributed by atoms with Gasteiger partial charge in [-0.3, -0.25) is 0 Å². The summed E-state index contributed by atoms with van der Waals surface area (Å²) in [6.07, 6.45) is 0. The summed E-state index contributed by atoms with van der Waals surface area (Å²) >= 11 is 3.80. The van der Waals surface area contributed by atoms with Crippen molar-refractivity contribution in [2.75, 3.05) is 0 Å². The molecule has 4 heteroatoms. The molecule has 13 aromatic carbocycles. The highest BCUT2D eigenvalue weighted by molar-refractivity contribution is 7.26. The molecule has 0 bridgehead atoms. The molecule has 0 saturated carbocycles. The number of thiophene rings is 2. The van der Waals surface area contributed by atoms with E-state index in [-0.39, 0.29) is 0 Å². The van der Waals surface area contributed by atoms with Crippen molar-refractivity contribution in [2.24, 2.45) is 0 Å². The molecule has 2 nitrogen and oxygen atoms in total. The highest BCUT2D eigenvalue weighted by Gasteiger charge is 2.27. The van der Waals surface area contributed by atoms with Crippen molar-refractivity contribution in [3.63, 3.8) is 0 Å². The van der Waals surface area contributed by atoms with Gasteiger partial charge in [0.2, 0.25) is 0 Å². The minimum atomic E-state index is 1.20. The molecule has 0 saturated heterocycles. The van der Waals surface area contributed by atoms with Crippen molar-refractivity contribution < 1.29 is 0 Å². The molecule has 0 aliphatic heterocycles. The Hall–Kier alpha value is -10.1. The summed E-state index contributed by atoms with van der Waals surface area (Å²) in [5, 5.41) is 15.6. The van der Waals surface area contributed by atoms with E-state index in [1.807, 2.05) is 22.7 Å². The van der Waals surface area contributed by atoms with Gasteiger partial charge in [-0.05, 0) is 176 Å². The summed E-state index contributed by atoms with van der Waals surface area (Å²) in [5.74, 6) is 0. The van der Waals surface area contributed by atoms with Crippen LogP contribution in [0.5, 0.6) is 0 Å². The first-order valence-electron chi connectivity index (χ1n) is 28.2. The van der Waals surface area contributed by atoms with Gasteiger partial charge < -0.3 is 8.80 Å². The molecule has 19 rings (SSSR count). The average Bonchev–Trinajstić information content (AvgIpc) is 1.81. The van der Waals surface area contributed by atoms with Gasteiger partial charge in [-0.15, -0.1) is 22.7 Å². The fraction of sp³-hybridized carbons (Fsp3) is 0. The third kappa shape index (κ3) is 6.28. The van der Waals surface area contributed by atoms with E-state index in [1.165, 1.54) is 183 Å². The van der Waals surface area contributed by atoms with Crippen molar-refractivity contribution in [3.8, 4) is 66.8 Å². The first-order valence-corrected chi connectivity index (χ1v) is 29.8. The first-order chi connectivity index (χ1) is 40.6. The van der Waals surface area contributed by atoms with Crippen LogP contribution in [0.4, 0.5) is 0 Å². The number of fused-ring (bicyclic) bond motifs is 20. The highest BCUT2D eigenvalue weighted by atomic mass is 32.1. The summed E-state index contributed by atoms with van der Waals surface area (Å²) < 4.78 is 10.5. The van der Waals surface area contributed by atoms with E-state index in [0.29, 0.717) is 0 Å². The molecule has 0 unspecified atom stereocenters. The van der Waals surface area contributed by atoms with Crippen molar-refractivity contribution in [1.29, 1.82) is 0 Å². The van der Waals surface area contributed by atoms with Crippen molar-refractivity contribution in [2.45, 2.75) is 0 Å². The molecule has 0 aliphatic rings. The molecule has 82 heavy (non-hydrogen) atoms. The lowest BCUT2D eigenvalue weighted by Gasteiger charge is -2.12. The molecule has 0 fully saturated rings. The number of benzene rings is 13. The smallest absolute Gasteiger partial charge is 0.0621 e. The van der Waals surface area contributed by atoms with Crippen LogP contribution in [0.2, 0.25) is 0 Å². The molecule has 0 aliphatic carbocycles. The minimum Gasteiger partial charge on any atom is -0.308 e. The summed E-state index contributed by atoms with van der Waals surface area (Å²) in [4.78, 5) is 0. The topological polar surface area (TPSA) is 8.82 Å². The van der Waals surface area contributed by atoms with Crippen LogP contribution >= 0.6 is 22.7 Å². The fourth-order valence-corrected chi connectivity index (χ4v) is 16.5. The molecule has 0 spiro atoms. The van der Waals surface area contributed by atoms with Gasteiger partial charge >= 0.3 is 0 Å². The molecular weight excluding hydrogens is 1030 g/mol. The maximum atomic E-state index is 2.62. The molecule has 0 atom stereocenters. The van der Waals surface area contributed by atoms with Crippen LogP contribution in [0.15, 0.2) is 267 Å². The largest absolute Gasteiger partial charge is 0.308 e. The molecule has 6 aromatic heterocycles. The Labute approximate surface area is 478 Å². The van der Waals surface area contributed by atoms with E-state index in [4.69, 9.17) is 0 Å². The predicted molar refractivity (Wildman–Crippen MR) is 354 cm³/mol. The van der Waals surface area contributed by atoms with E-state index in [0.717, 1.165) is 0 Å². The Bertz CT molecular complexity index is 5370. The molecule has 378 valence electrons. The van der Waals surface area contributed by atoms with Gasteiger partial charge in [0.25, 0.3) is 0 Å². The lowest BCUT2D eigenvalue weighted by Crippen LogP contribution is -1.86. The number of nitrogens with zero attached hydrogens (tertiary/aromatic N) is 2. The van der Waals surface area contributed by atoms with Crippen LogP contribution < -0.4 is 0 Å². The quantitative estimate of drug-likeness (QED) is 0.157. The Kier molecular flexibility index (Phi) is 9.12. The highest BCUT2D eigenvalue weighted by Crippen LogP contribution is 2.52. The summed E-state index contributed by atoms with van der Waals surface area (Å²) in [6, 6.07) is 101. The predicted octanol–water partition coefficient (Wildman–Crippen LogP) is 22.7. The van der Waals surface area contributed by atoms with Crippen LogP contribution in [-0.2, 0) is 0 Å². The van der Waals surface area contributed by atoms with Gasteiger partial charge in [0.15, 0.2) is 0 Å². The Morgan fingerprint density at radius 1 is 0.183 bits per heavy atom. The van der Waals surface area contributed by atoms with Crippen LogP contribution in [0.25, 0.3) is 183 Å². The minimum absolute atomic E-state index is 1.20. The number of hydrogen-bond acceptors (Lipinski definition) is 2. The Morgan fingerprint density at radius 3 is 0.854 bits per heavy atom. The zero-order chi connectivity index (χ0) is 53.3. The molecule has 19 aromatic rings. The second-order valence-corrected chi connectivity index (χ2v) is 24.5. The maximum Gasteiger partial charge on any atom is 0.0621 e. The van der Waals surface area contributed by atoms with E-state index in [9.17, 15) is 0 Å². The third-order valence-corrected chi connectivity index (χ3v) is 20.1. The van der Waals surface area contributed by atoms with E-state index < -0.39 is 0 Å². The first kappa shape index (κ1) is 44.7. The Balaban J connectivity index is 0.960. The number of aromatic nitrogens is 2. The second kappa shape index (κ2) is 16.7. The molecular formula is C78H44N2S2. The van der Waals surface area contributed by atoms with Gasteiger partial charge in [-0.1, -0.05) is 158 Å². The van der Waals surface area contributed by atoms with Crippen molar-refractivity contribution in [3.05, 3.63) is 267 Å². The number of rotatable bonds is 6. The van der Waals surface area contributed by atoms with Gasteiger partial charge in [-0.25, -0.2) is 0 Å². The van der Waals surface area contributed by atoms with E-state index in [2.05, 4.69) is 276 Å². The lowest BCUT2D eigenvalue weighted by molar-refractivity contribution is 1.36. The average molecular weight is 1070 g/mol. The van der Waals surface area contributed by atoms with Crippen LogP contribution in [-0.4, -0.2) is 8.80 Å². The van der Waals surface area contributed by atoms with Crippen LogP contribution in [0.1, 0.15) is 0 Å². The molecule has 0 radical (unpaired) electrons.